The van der Waals surface area contributed by atoms with Gasteiger partial charge in [0.25, 0.3) is 5.91 Å². The summed E-state index contributed by atoms with van der Waals surface area (Å²) in [4.78, 5) is 60.1. The number of carbonyl (C=O) groups excluding carboxylic acids is 3. The fraction of sp³-hybridized carbons (Fsp3) is 0.261. The SMILES string of the molecule is CC(=O)Cc1ccc(-c2cc(C(=O)NCCN(C)C)c3ccccc3n2)cc1.CC(=O)Cc1ccc(-c2cc(C(=O)O)c3ccccc3n2)cc1.CN(C)CCN. The second-order valence-corrected chi connectivity index (χ2v) is 14.3. The molecule has 0 bridgehead atoms. The van der Waals surface area contributed by atoms with Crippen LogP contribution in [0.4, 0.5) is 0 Å². The molecule has 4 N–H and O–H groups in total. The van der Waals surface area contributed by atoms with Crippen molar-refractivity contribution in [1.82, 2.24) is 25.1 Å². The van der Waals surface area contributed by atoms with Gasteiger partial charge in [-0.1, -0.05) is 84.9 Å². The van der Waals surface area contributed by atoms with E-state index in [4.69, 9.17) is 10.7 Å². The van der Waals surface area contributed by atoms with Crippen LogP contribution in [-0.4, -0.2) is 103 Å². The van der Waals surface area contributed by atoms with Crippen LogP contribution in [0, 0.1) is 0 Å². The number of aromatic nitrogens is 2. The fourth-order valence-electron chi connectivity index (χ4n) is 5.92. The van der Waals surface area contributed by atoms with Crippen molar-refractivity contribution >= 4 is 45.2 Å². The number of hydrogen-bond acceptors (Lipinski definition) is 9. The number of benzene rings is 4. The number of carboxylic acids is 1. The summed E-state index contributed by atoms with van der Waals surface area (Å²) in [5, 5.41) is 13.9. The first-order valence-corrected chi connectivity index (χ1v) is 18.7. The molecule has 0 aliphatic heterocycles. The zero-order chi connectivity index (χ0) is 41.5. The molecule has 0 spiro atoms. The largest absolute Gasteiger partial charge is 0.478 e. The zero-order valence-corrected chi connectivity index (χ0v) is 33.6. The maximum Gasteiger partial charge on any atom is 0.336 e. The summed E-state index contributed by atoms with van der Waals surface area (Å²) < 4.78 is 0. The molecule has 0 saturated carbocycles. The molecule has 11 nitrogen and oxygen atoms in total. The number of carboxylic acid groups (broad SMARTS) is 1. The number of Topliss-reactive ketones (excluding diaryl/α,β-unsaturated/α-hetero) is 2. The van der Waals surface area contributed by atoms with Crippen LogP contribution in [-0.2, 0) is 22.4 Å². The molecule has 0 unspecified atom stereocenters. The number of nitrogens with two attached hydrogens (primary N) is 1. The predicted molar refractivity (Wildman–Crippen MR) is 229 cm³/mol. The van der Waals surface area contributed by atoms with Gasteiger partial charge >= 0.3 is 5.97 Å². The van der Waals surface area contributed by atoms with Gasteiger partial charge < -0.3 is 26.0 Å². The summed E-state index contributed by atoms with van der Waals surface area (Å²) in [7, 11) is 7.96. The molecule has 0 aliphatic rings. The minimum Gasteiger partial charge on any atom is -0.478 e. The Kier molecular flexibility index (Phi) is 16.2. The fourth-order valence-corrected chi connectivity index (χ4v) is 5.92. The Morgan fingerprint density at radius 1 is 0.614 bits per heavy atom. The quantitative estimate of drug-likeness (QED) is 0.117. The van der Waals surface area contributed by atoms with Gasteiger partial charge in [0, 0.05) is 60.9 Å². The zero-order valence-electron chi connectivity index (χ0n) is 33.6. The molecule has 0 atom stereocenters. The van der Waals surface area contributed by atoms with Crippen LogP contribution < -0.4 is 11.1 Å². The van der Waals surface area contributed by atoms with E-state index in [2.05, 4.69) is 15.2 Å². The van der Waals surface area contributed by atoms with Gasteiger partial charge in [0.1, 0.15) is 11.6 Å². The molecule has 2 aromatic heterocycles. The number of ketones is 2. The highest BCUT2D eigenvalue weighted by Gasteiger charge is 2.15. The maximum atomic E-state index is 12.8. The van der Waals surface area contributed by atoms with Crippen molar-refractivity contribution in [3.63, 3.8) is 0 Å². The van der Waals surface area contributed by atoms with Crippen molar-refractivity contribution < 1.29 is 24.3 Å². The van der Waals surface area contributed by atoms with Crippen LogP contribution in [0.15, 0.2) is 109 Å². The topological polar surface area (TPSA) is 159 Å². The number of hydrogen-bond donors (Lipinski definition) is 3. The van der Waals surface area contributed by atoms with E-state index >= 15 is 0 Å². The van der Waals surface area contributed by atoms with Gasteiger partial charge in [-0.05, 0) is 77.4 Å². The van der Waals surface area contributed by atoms with E-state index < -0.39 is 5.97 Å². The third-order valence-electron chi connectivity index (χ3n) is 8.73. The predicted octanol–water partition coefficient (Wildman–Crippen LogP) is 6.56. The molecular formula is C46H52N6O5. The Bertz CT molecular complexity index is 2300. The lowest BCUT2D eigenvalue weighted by Gasteiger charge is -2.13. The Labute approximate surface area is 334 Å². The lowest BCUT2D eigenvalue weighted by Crippen LogP contribution is -2.31. The molecular weight excluding hydrogens is 717 g/mol. The minimum absolute atomic E-state index is 0.102. The first kappa shape index (κ1) is 43.6. The van der Waals surface area contributed by atoms with Gasteiger partial charge in [-0.3, -0.25) is 14.4 Å². The monoisotopic (exact) mass is 768 g/mol. The molecule has 296 valence electrons. The van der Waals surface area contributed by atoms with E-state index in [9.17, 15) is 24.3 Å². The van der Waals surface area contributed by atoms with Gasteiger partial charge in [-0.2, -0.15) is 0 Å². The van der Waals surface area contributed by atoms with Crippen molar-refractivity contribution in [2.24, 2.45) is 5.73 Å². The highest BCUT2D eigenvalue weighted by Crippen LogP contribution is 2.27. The van der Waals surface area contributed by atoms with E-state index in [1.165, 1.54) is 0 Å². The van der Waals surface area contributed by atoms with Crippen LogP contribution in [0.3, 0.4) is 0 Å². The molecule has 11 heteroatoms. The minimum atomic E-state index is -0.974. The summed E-state index contributed by atoms with van der Waals surface area (Å²) in [6, 6.07) is 33.5. The van der Waals surface area contributed by atoms with Crippen molar-refractivity contribution in [3.8, 4) is 22.5 Å². The summed E-state index contributed by atoms with van der Waals surface area (Å²) in [6.07, 6.45) is 0.816. The lowest BCUT2D eigenvalue weighted by molar-refractivity contribution is -0.117. The van der Waals surface area contributed by atoms with Crippen molar-refractivity contribution in [3.05, 3.63) is 131 Å². The number of nitrogens with one attached hydrogen (secondary N) is 1. The first-order valence-electron chi connectivity index (χ1n) is 18.7. The number of aromatic carboxylic acids is 1. The third kappa shape index (κ3) is 13.2. The van der Waals surface area contributed by atoms with Crippen molar-refractivity contribution in [2.45, 2.75) is 26.7 Å². The van der Waals surface area contributed by atoms with Gasteiger partial charge in [0.05, 0.1) is 33.5 Å². The molecule has 4 aromatic carbocycles. The number of amides is 1. The number of rotatable bonds is 13. The van der Waals surface area contributed by atoms with E-state index in [-0.39, 0.29) is 23.0 Å². The van der Waals surface area contributed by atoms with Crippen LogP contribution in [0.1, 0.15) is 45.7 Å². The van der Waals surface area contributed by atoms with Crippen LogP contribution in [0.25, 0.3) is 44.3 Å². The van der Waals surface area contributed by atoms with Gasteiger partial charge in [-0.25, -0.2) is 14.8 Å². The van der Waals surface area contributed by atoms with Crippen LogP contribution in [0.2, 0.25) is 0 Å². The molecule has 2 heterocycles. The average Bonchev–Trinajstić information content (AvgIpc) is 3.17. The van der Waals surface area contributed by atoms with Gasteiger partial charge in [-0.15, -0.1) is 0 Å². The third-order valence-corrected chi connectivity index (χ3v) is 8.73. The van der Waals surface area contributed by atoms with Crippen LogP contribution >= 0.6 is 0 Å². The summed E-state index contributed by atoms with van der Waals surface area (Å²) in [5.74, 6) is -0.837. The number of pyridine rings is 2. The highest BCUT2D eigenvalue weighted by atomic mass is 16.4. The molecule has 0 aliphatic carbocycles. The van der Waals surface area contributed by atoms with Gasteiger partial charge in [0.2, 0.25) is 0 Å². The lowest BCUT2D eigenvalue weighted by atomic mass is 10.0. The van der Waals surface area contributed by atoms with E-state index in [1.807, 2.05) is 118 Å². The standard InChI is InChI=1S/C23H25N3O2.C19H15NO3.C4H12N2/c1-16(27)14-17-8-10-18(11-9-17)22-15-20(23(28)24-12-13-26(2)3)19-6-4-5-7-21(19)25-22;1-12(21)10-13-6-8-14(9-7-13)18-11-16(19(22)23)15-4-2-3-5-17(15)20-18;1-6(2)4-3-5/h4-11,15H,12-14H2,1-3H3,(H,24,28);2-9,11H,10H2,1H3,(H,22,23);3-5H2,1-2H3. The number of likely N-dealkylation sites (N-methyl/N-ethyl adjacent to an activating group) is 2. The first-order chi connectivity index (χ1) is 27.2. The molecule has 0 saturated heterocycles. The molecule has 57 heavy (non-hydrogen) atoms. The molecule has 6 rings (SSSR count). The van der Waals surface area contributed by atoms with E-state index in [1.54, 1.807) is 38.1 Å². The van der Waals surface area contributed by atoms with Crippen LogP contribution in [0.5, 0.6) is 0 Å². The molecule has 0 radical (unpaired) electrons. The average molecular weight is 769 g/mol. The second-order valence-electron chi connectivity index (χ2n) is 14.3. The Morgan fingerprint density at radius 3 is 1.42 bits per heavy atom. The molecule has 1 amide bonds. The maximum absolute atomic E-state index is 12.8. The summed E-state index contributed by atoms with van der Waals surface area (Å²) >= 11 is 0. The Morgan fingerprint density at radius 2 is 1.04 bits per heavy atom. The summed E-state index contributed by atoms with van der Waals surface area (Å²) in [5.41, 5.74) is 12.5. The summed E-state index contributed by atoms with van der Waals surface area (Å²) in [6.45, 7) is 6.24. The van der Waals surface area contributed by atoms with Crippen molar-refractivity contribution in [1.29, 1.82) is 0 Å². The van der Waals surface area contributed by atoms with E-state index in [0.717, 1.165) is 58.5 Å². The van der Waals surface area contributed by atoms with Gasteiger partial charge in [0.15, 0.2) is 0 Å². The number of nitrogens with zero attached hydrogens (tertiary/aromatic N) is 4. The molecule has 6 aromatic rings. The molecule has 0 fully saturated rings. The Balaban J connectivity index is 0.000000224. The Hall–Kier alpha value is -6.14. The number of fused-ring (bicyclic) bond motifs is 2. The smallest absolute Gasteiger partial charge is 0.336 e. The normalized spacial score (nSPS) is 10.8. The second kappa shape index (κ2) is 21.2. The number of carbonyl (C=O) groups is 4. The van der Waals surface area contributed by atoms with Crippen molar-refractivity contribution in [2.75, 3.05) is 54.4 Å². The number of para-hydroxylation sites is 2. The highest BCUT2D eigenvalue weighted by molar-refractivity contribution is 6.07. The van der Waals surface area contributed by atoms with E-state index in [0.29, 0.717) is 41.5 Å².